The van der Waals surface area contributed by atoms with E-state index in [2.05, 4.69) is 0 Å². The summed E-state index contributed by atoms with van der Waals surface area (Å²) in [7, 11) is 3.16. The SMILES string of the molecule is COc1ccc(OC)c2c1CN(C(=O)C1CCC(N)C1)CC2O.Cl. The summed E-state index contributed by atoms with van der Waals surface area (Å²) in [4.78, 5) is 14.5. The Labute approximate surface area is 148 Å². The van der Waals surface area contributed by atoms with Gasteiger partial charge in [-0.05, 0) is 31.4 Å². The smallest absolute Gasteiger partial charge is 0.226 e. The van der Waals surface area contributed by atoms with Crippen LogP contribution in [0.4, 0.5) is 0 Å². The predicted molar refractivity (Wildman–Crippen MR) is 92.5 cm³/mol. The van der Waals surface area contributed by atoms with E-state index in [-0.39, 0.29) is 36.8 Å². The molecular weight excluding hydrogens is 332 g/mol. The third kappa shape index (κ3) is 3.31. The molecule has 1 aromatic rings. The highest BCUT2D eigenvalue weighted by molar-refractivity contribution is 5.85. The Morgan fingerprint density at radius 1 is 1.25 bits per heavy atom. The Balaban J connectivity index is 0.00000208. The number of rotatable bonds is 3. The molecule has 134 valence electrons. The fourth-order valence-electron chi connectivity index (χ4n) is 3.74. The van der Waals surface area contributed by atoms with Crippen LogP contribution in [0.25, 0.3) is 0 Å². The molecule has 7 heteroatoms. The summed E-state index contributed by atoms with van der Waals surface area (Å²) in [6.07, 6.45) is 1.67. The van der Waals surface area contributed by atoms with E-state index >= 15 is 0 Å². The van der Waals surface area contributed by atoms with Gasteiger partial charge < -0.3 is 25.2 Å². The number of benzene rings is 1. The van der Waals surface area contributed by atoms with Crippen molar-refractivity contribution in [3.8, 4) is 11.5 Å². The second-order valence-corrected chi connectivity index (χ2v) is 6.37. The minimum Gasteiger partial charge on any atom is -0.496 e. The zero-order chi connectivity index (χ0) is 16.6. The third-order valence-corrected chi connectivity index (χ3v) is 4.92. The molecule has 3 atom stereocenters. The van der Waals surface area contributed by atoms with E-state index in [0.29, 0.717) is 18.0 Å². The average Bonchev–Trinajstić information content (AvgIpc) is 2.99. The van der Waals surface area contributed by atoms with Gasteiger partial charge in [-0.1, -0.05) is 0 Å². The second-order valence-electron chi connectivity index (χ2n) is 6.37. The molecule has 24 heavy (non-hydrogen) atoms. The lowest BCUT2D eigenvalue weighted by Crippen LogP contribution is -2.41. The minimum absolute atomic E-state index is 0. The highest BCUT2D eigenvalue weighted by atomic mass is 35.5. The topological polar surface area (TPSA) is 85.0 Å². The van der Waals surface area contributed by atoms with Gasteiger partial charge in [-0.15, -0.1) is 12.4 Å². The first-order valence-electron chi connectivity index (χ1n) is 8.01. The molecule has 6 nitrogen and oxygen atoms in total. The molecule has 2 aliphatic rings. The van der Waals surface area contributed by atoms with Crippen molar-refractivity contribution in [2.75, 3.05) is 20.8 Å². The van der Waals surface area contributed by atoms with Crippen LogP contribution in [0.15, 0.2) is 12.1 Å². The number of fused-ring (bicyclic) bond motifs is 1. The summed E-state index contributed by atoms with van der Waals surface area (Å²) in [6, 6.07) is 3.71. The van der Waals surface area contributed by atoms with Crippen LogP contribution in [-0.2, 0) is 11.3 Å². The molecule has 0 radical (unpaired) electrons. The Morgan fingerprint density at radius 3 is 2.50 bits per heavy atom. The highest BCUT2D eigenvalue weighted by Crippen LogP contribution is 2.40. The Morgan fingerprint density at radius 2 is 1.92 bits per heavy atom. The highest BCUT2D eigenvalue weighted by Gasteiger charge is 2.36. The number of carbonyl (C=O) groups excluding carboxylic acids is 1. The van der Waals surface area contributed by atoms with Crippen molar-refractivity contribution in [1.29, 1.82) is 0 Å². The quantitative estimate of drug-likeness (QED) is 0.859. The molecule has 1 aliphatic heterocycles. The number of aliphatic hydroxyl groups is 1. The maximum atomic E-state index is 12.7. The standard InChI is InChI=1S/C17H24N2O4.ClH/c1-22-14-5-6-15(23-2)16-12(14)8-19(9-13(16)20)17(21)10-3-4-11(18)7-10;/h5-6,10-11,13,20H,3-4,7-9,18H2,1-2H3;1H. The molecule has 1 heterocycles. The van der Waals surface area contributed by atoms with Crippen LogP contribution in [-0.4, -0.2) is 42.7 Å². The van der Waals surface area contributed by atoms with E-state index in [1.165, 1.54) is 0 Å². The van der Waals surface area contributed by atoms with Gasteiger partial charge in [0.2, 0.25) is 5.91 Å². The molecule has 0 saturated heterocycles. The molecule has 3 unspecified atom stereocenters. The lowest BCUT2D eigenvalue weighted by molar-refractivity contribution is -0.138. The van der Waals surface area contributed by atoms with Gasteiger partial charge in [0, 0.05) is 29.6 Å². The number of halogens is 1. The largest absolute Gasteiger partial charge is 0.496 e. The molecule has 1 amide bonds. The molecule has 0 spiro atoms. The number of carbonyl (C=O) groups is 1. The number of nitrogens with zero attached hydrogens (tertiary/aromatic N) is 1. The van der Waals surface area contributed by atoms with Gasteiger partial charge in [0.25, 0.3) is 0 Å². The molecule has 3 rings (SSSR count). The first-order chi connectivity index (χ1) is 11.0. The molecule has 1 saturated carbocycles. The van der Waals surface area contributed by atoms with Crippen LogP contribution in [0.3, 0.4) is 0 Å². The summed E-state index contributed by atoms with van der Waals surface area (Å²) in [6.45, 7) is 0.707. The van der Waals surface area contributed by atoms with Crippen LogP contribution >= 0.6 is 12.4 Å². The maximum absolute atomic E-state index is 12.7. The lowest BCUT2D eigenvalue weighted by Gasteiger charge is -2.35. The number of β-amino-alcohol motifs (C(OH)–C–C–N with tert-alkyl or cyclic N) is 1. The van der Waals surface area contributed by atoms with Gasteiger partial charge >= 0.3 is 0 Å². The van der Waals surface area contributed by atoms with Crippen LogP contribution in [0.5, 0.6) is 11.5 Å². The van der Waals surface area contributed by atoms with Crippen LogP contribution in [0.2, 0.25) is 0 Å². The van der Waals surface area contributed by atoms with Gasteiger partial charge in [-0.25, -0.2) is 0 Å². The van der Waals surface area contributed by atoms with Gasteiger partial charge in [0.05, 0.1) is 20.8 Å². The summed E-state index contributed by atoms with van der Waals surface area (Å²) >= 11 is 0. The molecule has 1 aromatic carbocycles. The molecule has 1 aliphatic carbocycles. The van der Waals surface area contributed by atoms with E-state index < -0.39 is 6.10 Å². The number of amides is 1. The first kappa shape index (κ1) is 18.8. The van der Waals surface area contributed by atoms with Crippen LogP contribution < -0.4 is 15.2 Å². The maximum Gasteiger partial charge on any atom is 0.226 e. The van der Waals surface area contributed by atoms with Gasteiger partial charge in [0.1, 0.15) is 17.6 Å². The Bertz CT molecular complexity index is 610. The zero-order valence-corrected chi connectivity index (χ0v) is 14.8. The van der Waals surface area contributed by atoms with Crippen molar-refractivity contribution in [2.24, 2.45) is 11.7 Å². The van der Waals surface area contributed by atoms with Crippen molar-refractivity contribution in [1.82, 2.24) is 4.90 Å². The molecular formula is C17H25ClN2O4. The number of aliphatic hydroxyl groups excluding tert-OH is 1. The number of hydrogen-bond acceptors (Lipinski definition) is 5. The van der Waals surface area contributed by atoms with Crippen LogP contribution in [0, 0.1) is 5.92 Å². The van der Waals surface area contributed by atoms with Crippen molar-refractivity contribution in [2.45, 2.75) is 38.0 Å². The number of nitrogens with two attached hydrogens (primary N) is 1. The fourth-order valence-corrected chi connectivity index (χ4v) is 3.74. The molecule has 0 aromatic heterocycles. The predicted octanol–water partition coefficient (Wildman–Crippen LogP) is 1.63. The molecule has 1 fully saturated rings. The van der Waals surface area contributed by atoms with Crippen LogP contribution in [0.1, 0.15) is 36.5 Å². The van der Waals surface area contributed by atoms with E-state index in [4.69, 9.17) is 15.2 Å². The number of ether oxygens (including phenoxy) is 2. The van der Waals surface area contributed by atoms with Crippen molar-refractivity contribution >= 4 is 18.3 Å². The zero-order valence-electron chi connectivity index (χ0n) is 14.0. The first-order valence-corrected chi connectivity index (χ1v) is 8.01. The van der Waals surface area contributed by atoms with Gasteiger partial charge in [-0.2, -0.15) is 0 Å². The van der Waals surface area contributed by atoms with E-state index in [1.807, 2.05) is 6.07 Å². The van der Waals surface area contributed by atoms with Gasteiger partial charge in [-0.3, -0.25) is 4.79 Å². The summed E-state index contributed by atoms with van der Waals surface area (Å²) in [5.41, 5.74) is 7.47. The minimum atomic E-state index is -0.775. The van der Waals surface area contributed by atoms with Crippen molar-refractivity contribution in [3.05, 3.63) is 23.3 Å². The average molecular weight is 357 g/mol. The number of methoxy groups -OCH3 is 2. The fraction of sp³-hybridized carbons (Fsp3) is 0.588. The van der Waals surface area contributed by atoms with E-state index in [1.54, 1.807) is 25.2 Å². The lowest BCUT2D eigenvalue weighted by atomic mass is 9.94. The summed E-state index contributed by atoms with van der Waals surface area (Å²) < 4.78 is 10.8. The van der Waals surface area contributed by atoms with E-state index in [0.717, 1.165) is 30.4 Å². The summed E-state index contributed by atoms with van der Waals surface area (Å²) in [5.74, 6) is 1.34. The van der Waals surface area contributed by atoms with Gasteiger partial charge in [0.15, 0.2) is 0 Å². The summed E-state index contributed by atoms with van der Waals surface area (Å²) in [5, 5.41) is 10.6. The van der Waals surface area contributed by atoms with Crippen molar-refractivity contribution in [3.63, 3.8) is 0 Å². The Hall–Kier alpha value is -1.50. The number of hydrogen-bond donors (Lipinski definition) is 2. The normalized spacial score (nSPS) is 25.7. The molecule has 0 bridgehead atoms. The monoisotopic (exact) mass is 356 g/mol. The van der Waals surface area contributed by atoms with E-state index in [9.17, 15) is 9.90 Å². The third-order valence-electron chi connectivity index (χ3n) is 4.92. The molecule has 3 N–H and O–H groups in total. The Kier molecular flexibility index (Phi) is 5.96. The second kappa shape index (κ2) is 7.59. The van der Waals surface area contributed by atoms with Crippen molar-refractivity contribution < 1.29 is 19.4 Å².